The summed E-state index contributed by atoms with van der Waals surface area (Å²) in [6.45, 7) is 2.04. The highest BCUT2D eigenvalue weighted by atomic mass is 35.5. The van der Waals surface area contributed by atoms with Gasteiger partial charge in [0, 0.05) is 12.1 Å². The quantitative estimate of drug-likeness (QED) is 0.627. The van der Waals surface area contributed by atoms with Crippen LogP contribution >= 0.6 is 11.6 Å². The smallest absolute Gasteiger partial charge is 0.238 e. The minimum Gasteiger partial charge on any atom is -0.351 e. The van der Waals surface area contributed by atoms with Crippen LogP contribution < -0.4 is 5.32 Å². The van der Waals surface area contributed by atoms with Gasteiger partial charge in [-0.3, -0.25) is 9.59 Å². The van der Waals surface area contributed by atoms with E-state index in [4.69, 9.17) is 11.6 Å². The van der Waals surface area contributed by atoms with Gasteiger partial charge < -0.3 is 5.32 Å². The highest BCUT2D eigenvalue weighted by Gasteiger charge is 2.07. The van der Waals surface area contributed by atoms with Gasteiger partial charge in [0.2, 0.25) is 5.91 Å². The van der Waals surface area contributed by atoms with Gasteiger partial charge in [0.05, 0.1) is 0 Å². The van der Waals surface area contributed by atoms with Crippen molar-refractivity contribution in [3.05, 3.63) is 35.4 Å². The molecule has 0 saturated heterocycles. The Labute approximate surface area is 93.4 Å². The molecule has 3 nitrogen and oxygen atoms in total. The topological polar surface area (TPSA) is 46.2 Å². The minimum atomic E-state index is -0.528. The Morgan fingerprint density at radius 1 is 1.47 bits per heavy atom. The summed E-state index contributed by atoms with van der Waals surface area (Å²) in [4.78, 5) is 21.5. The molecule has 4 heteroatoms. The summed E-state index contributed by atoms with van der Waals surface area (Å²) in [5, 5.41) is 2.15. The standard InChI is InChI=1S/C11H12ClNO2/c1-8(12)11(15)13-6-9-2-4-10(7-14)5-3-9/h2-5,7-8H,6H2,1H3,(H,13,15). The van der Waals surface area contributed by atoms with Gasteiger partial charge in [-0.1, -0.05) is 24.3 Å². The molecule has 1 rings (SSSR count). The second-order valence-corrected chi connectivity index (χ2v) is 3.85. The number of halogens is 1. The van der Waals surface area contributed by atoms with Crippen LogP contribution in [0.4, 0.5) is 0 Å². The molecule has 0 aliphatic rings. The van der Waals surface area contributed by atoms with Crippen LogP contribution in [0.5, 0.6) is 0 Å². The Morgan fingerprint density at radius 3 is 2.53 bits per heavy atom. The first-order chi connectivity index (χ1) is 7.13. The number of hydrogen-bond acceptors (Lipinski definition) is 2. The van der Waals surface area contributed by atoms with E-state index in [1.54, 1.807) is 31.2 Å². The van der Waals surface area contributed by atoms with Gasteiger partial charge in [0.25, 0.3) is 0 Å². The summed E-state index contributed by atoms with van der Waals surface area (Å²) < 4.78 is 0. The Kier molecular flexibility index (Phi) is 4.31. The fraction of sp³-hybridized carbons (Fsp3) is 0.273. The first kappa shape index (κ1) is 11.7. The molecule has 1 aromatic carbocycles. The van der Waals surface area contributed by atoms with Crippen molar-refractivity contribution in [1.29, 1.82) is 0 Å². The average Bonchev–Trinajstić information content (AvgIpc) is 2.26. The molecule has 0 spiro atoms. The molecule has 0 aromatic heterocycles. The van der Waals surface area contributed by atoms with Gasteiger partial charge in [-0.2, -0.15) is 0 Å². The van der Waals surface area contributed by atoms with Crippen molar-refractivity contribution in [2.24, 2.45) is 0 Å². The van der Waals surface area contributed by atoms with Crippen molar-refractivity contribution in [3.8, 4) is 0 Å². The summed E-state index contributed by atoms with van der Waals surface area (Å²) in [7, 11) is 0. The van der Waals surface area contributed by atoms with Crippen molar-refractivity contribution >= 4 is 23.8 Å². The number of carbonyl (C=O) groups excluding carboxylic acids is 2. The van der Waals surface area contributed by atoms with Gasteiger partial charge in [-0.15, -0.1) is 11.6 Å². The molecule has 0 saturated carbocycles. The molecule has 1 atom stereocenters. The molecule has 1 unspecified atom stereocenters. The van der Waals surface area contributed by atoms with E-state index in [-0.39, 0.29) is 5.91 Å². The van der Waals surface area contributed by atoms with Gasteiger partial charge in [0.1, 0.15) is 11.7 Å². The van der Waals surface area contributed by atoms with E-state index in [0.29, 0.717) is 12.1 Å². The van der Waals surface area contributed by atoms with Crippen LogP contribution in [0.25, 0.3) is 0 Å². The molecule has 0 aliphatic carbocycles. The molecule has 15 heavy (non-hydrogen) atoms. The zero-order chi connectivity index (χ0) is 11.3. The van der Waals surface area contributed by atoms with Crippen LogP contribution in [0.1, 0.15) is 22.8 Å². The molecule has 0 heterocycles. The number of benzene rings is 1. The predicted molar refractivity (Wildman–Crippen MR) is 59.0 cm³/mol. The van der Waals surface area contributed by atoms with E-state index in [1.165, 1.54) is 0 Å². The normalized spacial score (nSPS) is 11.9. The number of carbonyl (C=O) groups is 2. The maximum atomic E-state index is 11.1. The van der Waals surface area contributed by atoms with E-state index >= 15 is 0 Å². The first-order valence-corrected chi connectivity index (χ1v) is 5.03. The lowest BCUT2D eigenvalue weighted by Crippen LogP contribution is -2.28. The summed E-state index contributed by atoms with van der Waals surface area (Å²) in [5.74, 6) is -0.198. The first-order valence-electron chi connectivity index (χ1n) is 4.59. The molecule has 1 aromatic rings. The molecular formula is C11H12ClNO2. The number of nitrogens with one attached hydrogen (secondary N) is 1. The van der Waals surface area contributed by atoms with Crippen molar-refractivity contribution in [3.63, 3.8) is 0 Å². The highest BCUT2D eigenvalue weighted by Crippen LogP contribution is 2.02. The second kappa shape index (κ2) is 5.51. The third-order valence-electron chi connectivity index (χ3n) is 1.94. The minimum absolute atomic E-state index is 0.198. The maximum Gasteiger partial charge on any atom is 0.238 e. The predicted octanol–water partition coefficient (Wildman–Crippen LogP) is 1.74. The molecule has 0 radical (unpaired) electrons. The maximum absolute atomic E-state index is 11.1. The molecular weight excluding hydrogens is 214 g/mol. The van der Waals surface area contributed by atoms with Gasteiger partial charge in [0.15, 0.2) is 0 Å². The lowest BCUT2D eigenvalue weighted by molar-refractivity contribution is -0.120. The highest BCUT2D eigenvalue weighted by molar-refractivity contribution is 6.30. The molecule has 80 valence electrons. The van der Waals surface area contributed by atoms with Crippen LogP contribution in [0, 0.1) is 0 Å². The Hall–Kier alpha value is -1.35. The van der Waals surface area contributed by atoms with E-state index in [9.17, 15) is 9.59 Å². The number of alkyl halides is 1. The van der Waals surface area contributed by atoms with E-state index < -0.39 is 5.38 Å². The summed E-state index contributed by atoms with van der Waals surface area (Å²) in [6.07, 6.45) is 0.781. The van der Waals surface area contributed by atoms with Crippen LogP contribution in [0.15, 0.2) is 24.3 Å². The number of hydrogen-bond donors (Lipinski definition) is 1. The van der Waals surface area contributed by atoms with Gasteiger partial charge >= 0.3 is 0 Å². The van der Waals surface area contributed by atoms with Crippen molar-refractivity contribution in [2.45, 2.75) is 18.8 Å². The van der Waals surface area contributed by atoms with Crippen LogP contribution in [-0.2, 0) is 11.3 Å². The number of amides is 1. The van der Waals surface area contributed by atoms with Gasteiger partial charge in [-0.05, 0) is 12.5 Å². The van der Waals surface area contributed by atoms with Crippen molar-refractivity contribution in [1.82, 2.24) is 5.32 Å². The molecule has 1 amide bonds. The van der Waals surface area contributed by atoms with Crippen molar-refractivity contribution < 1.29 is 9.59 Å². The van der Waals surface area contributed by atoms with Crippen molar-refractivity contribution in [2.75, 3.05) is 0 Å². The lowest BCUT2D eigenvalue weighted by Gasteiger charge is -2.06. The second-order valence-electron chi connectivity index (χ2n) is 3.19. The monoisotopic (exact) mass is 225 g/mol. The summed E-state index contributed by atoms with van der Waals surface area (Å²) in [6, 6.07) is 7.00. The Balaban J connectivity index is 2.51. The van der Waals surface area contributed by atoms with E-state index in [0.717, 1.165) is 11.8 Å². The third kappa shape index (κ3) is 3.72. The Bertz CT molecular complexity index is 346. The molecule has 0 aliphatic heterocycles. The Morgan fingerprint density at radius 2 is 2.07 bits per heavy atom. The lowest BCUT2D eigenvalue weighted by atomic mass is 10.1. The zero-order valence-corrected chi connectivity index (χ0v) is 9.12. The largest absolute Gasteiger partial charge is 0.351 e. The summed E-state index contributed by atoms with van der Waals surface area (Å²) in [5.41, 5.74) is 1.56. The number of rotatable bonds is 4. The molecule has 1 N–H and O–H groups in total. The third-order valence-corrected chi connectivity index (χ3v) is 2.14. The van der Waals surface area contributed by atoms with Crippen LogP contribution in [-0.4, -0.2) is 17.6 Å². The van der Waals surface area contributed by atoms with E-state index in [2.05, 4.69) is 5.32 Å². The average molecular weight is 226 g/mol. The summed E-state index contributed by atoms with van der Waals surface area (Å²) >= 11 is 5.58. The van der Waals surface area contributed by atoms with Gasteiger partial charge in [-0.25, -0.2) is 0 Å². The SMILES string of the molecule is CC(Cl)C(=O)NCc1ccc(C=O)cc1. The van der Waals surface area contributed by atoms with Crippen LogP contribution in [0.2, 0.25) is 0 Å². The van der Waals surface area contributed by atoms with E-state index in [1.807, 2.05) is 0 Å². The molecule has 0 fully saturated rings. The fourth-order valence-corrected chi connectivity index (χ4v) is 1.12. The fourth-order valence-electron chi connectivity index (χ4n) is 1.04. The number of aldehydes is 1. The zero-order valence-electron chi connectivity index (χ0n) is 8.37. The van der Waals surface area contributed by atoms with Crippen LogP contribution in [0.3, 0.4) is 0 Å². The molecule has 0 bridgehead atoms.